The number of hydrogen-bond donors (Lipinski definition) is 1. The molecule has 1 fully saturated rings. The van der Waals surface area contributed by atoms with Gasteiger partial charge >= 0.3 is 0 Å². The molecule has 0 heterocycles. The van der Waals surface area contributed by atoms with E-state index in [0.717, 1.165) is 24.8 Å². The lowest BCUT2D eigenvalue weighted by molar-refractivity contribution is 0.0823. The second-order valence-electron chi connectivity index (χ2n) is 6.87. The van der Waals surface area contributed by atoms with Crippen LogP contribution in [-0.2, 0) is 15.6 Å². The summed E-state index contributed by atoms with van der Waals surface area (Å²) in [6.07, 6.45) is 2.84. The molecule has 5 nitrogen and oxygen atoms in total. The zero-order chi connectivity index (χ0) is 19.5. The van der Waals surface area contributed by atoms with Crippen molar-refractivity contribution in [3.05, 3.63) is 65.7 Å². The van der Waals surface area contributed by atoms with Crippen LogP contribution in [0.25, 0.3) is 0 Å². The number of rotatable bonds is 7. The summed E-state index contributed by atoms with van der Waals surface area (Å²) in [4.78, 5) is 13.0. The van der Waals surface area contributed by atoms with E-state index in [1.807, 2.05) is 30.3 Å². The molecule has 0 radical (unpaired) electrons. The van der Waals surface area contributed by atoms with Crippen LogP contribution in [0.1, 0.15) is 49.0 Å². The fraction of sp³-hybridized carbons (Fsp3) is 0.381. The van der Waals surface area contributed by atoms with Crippen molar-refractivity contribution in [3.63, 3.8) is 0 Å². The topological polar surface area (TPSA) is 66.5 Å². The quantitative estimate of drug-likeness (QED) is 0.792. The first-order valence-corrected chi connectivity index (χ1v) is 10.9. The molecule has 0 aromatic heterocycles. The second-order valence-corrected chi connectivity index (χ2v) is 8.81. The summed E-state index contributed by atoms with van der Waals surface area (Å²) >= 11 is 0. The number of carbonyl (C=O) groups is 1. The lowest BCUT2D eigenvalue weighted by Gasteiger charge is -2.43. The monoisotopic (exact) mass is 386 g/mol. The predicted molar refractivity (Wildman–Crippen MR) is 106 cm³/mol. The Bertz CT molecular complexity index is 902. The summed E-state index contributed by atoms with van der Waals surface area (Å²) in [5, 5.41) is 3.15. The Morgan fingerprint density at radius 1 is 1.04 bits per heavy atom. The van der Waals surface area contributed by atoms with Crippen molar-refractivity contribution in [2.24, 2.45) is 0 Å². The van der Waals surface area contributed by atoms with Crippen LogP contribution in [0.3, 0.4) is 0 Å². The lowest BCUT2D eigenvalue weighted by atomic mass is 9.71. The van der Waals surface area contributed by atoms with Crippen LogP contribution in [-0.4, -0.2) is 31.7 Å². The molecule has 0 unspecified atom stereocenters. The molecule has 1 saturated carbocycles. The zero-order valence-electron chi connectivity index (χ0n) is 15.8. The van der Waals surface area contributed by atoms with Gasteiger partial charge in [-0.1, -0.05) is 50.2 Å². The third-order valence-corrected chi connectivity index (χ3v) is 7.37. The minimum absolute atomic E-state index is 0.154. The SMILES string of the molecule is CCN(CC)S(=O)(=O)c1cccc(C(=O)NC2(c3ccccc3)CCC2)c1. The highest BCUT2D eigenvalue weighted by atomic mass is 32.2. The van der Waals surface area contributed by atoms with Gasteiger partial charge in [0, 0.05) is 18.7 Å². The molecule has 144 valence electrons. The smallest absolute Gasteiger partial charge is 0.252 e. The van der Waals surface area contributed by atoms with Crippen LogP contribution >= 0.6 is 0 Å². The number of carbonyl (C=O) groups excluding carboxylic acids is 1. The van der Waals surface area contributed by atoms with Crippen LogP contribution in [0.15, 0.2) is 59.5 Å². The van der Waals surface area contributed by atoms with Crippen LogP contribution in [0.5, 0.6) is 0 Å². The Hall–Kier alpha value is -2.18. The number of amides is 1. The minimum Gasteiger partial charge on any atom is -0.343 e. The molecule has 0 aliphatic heterocycles. The van der Waals surface area contributed by atoms with E-state index >= 15 is 0 Å². The molecule has 1 aliphatic carbocycles. The summed E-state index contributed by atoms with van der Waals surface area (Å²) in [5.41, 5.74) is 1.11. The van der Waals surface area contributed by atoms with E-state index in [1.54, 1.807) is 32.0 Å². The van der Waals surface area contributed by atoms with Gasteiger partial charge in [0.25, 0.3) is 5.91 Å². The number of sulfonamides is 1. The van der Waals surface area contributed by atoms with Gasteiger partial charge in [0.1, 0.15) is 0 Å². The van der Waals surface area contributed by atoms with E-state index in [2.05, 4.69) is 5.32 Å². The van der Waals surface area contributed by atoms with Crippen molar-refractivity contribution in [1.29, 1.82) is 0 Å². The molecule has 0 spiro atoms. The van der Waals surface area contributed by atoms with Gasteiger partial charge in [0.05, 0.1) is 10.4 Å². The maximum atomic E-state index is 12.9. The van der Waals surface area contributed by atoms with Gasteiger partial charge in [0.2, 0.25) is 10.0 Å². The van der Waals surface area contributed by atoms with Crippen molar-refractivity contribution < 1.29 is 13.2 Å². The molecular weight excluding hydrogens is 360 g/mol. The molecule has 3 rings (SSSR count). The van der Waals surface area contributed by atoms with Crippen molar-refractivity contribution in [2.75, 3.05) is 13.1 Å². The average Bonchev–Trinajstić information content (AvgIpc) is 2.66. The fourth-order valence-electron chi connectivity index (χ4n) is 3.57. The highest BCUT2D eigenvalue weighted by Crippen LogP contribution is 2.41. The Balaban J connectivity index is 1.86. The molecule has 27 heavy (non-hydrogen) atoms. The maximum absolute atomic E-state index is 12.9. The Labute approximate surface area is 161 Å². The van der Waals surface area contributed by atoms with E-state index in [9.17, 15) is 13.2 Å². The van der Waals surface area contributed by atoms with Crippen LogP contribution in [0, 0.1) is 0 Å². The molecule has 0 bridgehead atoms. The molecule has 2 aromatic rings. The molecule has 6 heteroatoms. The van der Waals surface area contributed by atoms with E-state index in [-0.39, 0.29) is 16.3 Å². The van der Waals surface area contributed by atoms with Crippen LogP contribution in [0.2, 0.25) is 0 Å². The van der Waals surface area contributed by atoms with Gasteiger partial charge in [-0.05, 0) is 43.0 Å². The molecule has 2 aromatic carbocycles. The van der Waals surface area contributed by atoms with E-state index in [4.69, 9.17) is 0 Å². The summed E-state index contributed by atoms with van der Waals surface area (Å²) < 4.78 is 26.9. The number of benzene rings is 2. The molecule has 0 saturated heterocycles. The van der Waals surface area contributed by atoms with Crippen LogP contribution in [0.4, 0.5) is 0 Å². The third-order valence-electron chi connectivity index (χ3n) is 5.33. The fourth-order valence-corrected chi connectivity index (χ4v) is 5.08. The molecule has 0 atom stereocenters. The number of hydrogen-bond acceptors (Lipinski definition) is 3. The van der Waals surface area contributed by atoms with Crippen molar-refractivity contribution in [3.8, 4) is 0 Å². The standard InChI is InChI=1S/C21H26N2O3S/c1-3-23(4-2)27(25,26)19-13-8-10-17(16-19)20(24)22-21(14-9-15-21)18-11-6-5-7-12-18/h5-8,10-13,16H,3-4,9,14-15H2,1-2H3,(H,22,24). The lowest BCUT2D eigenvalue weighted by Crippen LogP contribution is -2.50. The average molecular weight is 387 g/mol. The number of nitrogens with one attached hydrogen (secondary N) is 1. The highest BCUT2D eigenvalue weighted by molar-refractivity contribution is 7.89. The highest BCUT2D eigenvalue weighted by Gasteiger charge is 2.40. The van der Waals surface area contributed by atoms with Gasteiger partial charge in [-0.25, -0.2) is 8.42 Å². The molecule has 1 amide bonds. The van der Waals surface area contributed by atoms with Gasteiger partial charge in [-0.2, -0.15) is 4.31 Å². The maximum Gasteiger partial charge on any atom is 0.252 e. The van der Waals surface area contributed by atoms with E-state index in [1.165, 1.54) is 10.4 Å². The first kappa shape index (κ1) is 19.6. The molecule has 1 aliphatic rings. The summed E-state index contributed by atoms with van der Waals surface area (Å²) in [7, 11) is -3.59. The normalized spacial score (nSPS) is 16.0. The van der Waals surface area contributed by atoms with Gasteiger partial charge in [-0.15, -0.1) is 0 Å². The van der Waals surface area contributed by atoms with Crippen LogP contribution < -0.4 is 5.32 Å². The van der Waals surface area contributed by atoms with Crippen molar-refractivity contribution >= 4 is 15.9 Å². The Morgan fingerprint density at radius 3 is 2.26 bits per heavy atom. The summed E-state index contributed by atoms with van der Waals surface area (Å²) in [6, 6.07) is 16.3. The Kier molecular flexibility index (Phi) is 5.67. The first-order chi connectivity index (χ1) is 12.9. The number of nitrogens with zero attached hydrogens (tertiary/aromatic N) is 1. The van der Waals surface area contributed by atoms with Crippen molar-refractivity contribution in [2.45, 2.75) is 43.5 Å². The van der Waals surface area contributed by atoms with Gasteiger partial charge in [0.15, 0.2) is 0 Å². The minimum atomic E-state index is -3.59. The van der Waals surface area contributed by atoms with E-state index < -0.39 is 10.0 Å². The molecular formula is C21H26N2O3S. The van der Waals surface area contributed by atoms with Crippen molar-refractivity contribution in [1.82, 2.24) is 9.62 Å². The summed E-state index contributed by atoms with van der Waals surface area (Å²) in [6.45, 7) is 4.40. The predicted octanol–water partition coefficient (Wildman–Crippen LogP) is 3.53. The summed E-state index contributed by atoms with van der Waals surface area (Å²) in [5.74, 6) is -0.241. The zero-order valence-corrected chi connectivity index (χ0v) is 16.6. The first-order valence-electron chi connectivity index (χ1n) is 9.41. The van der Waals surface area contributed by atoms with Gasteiger partial charge < -0.3 is 5.32 Å². The Morgan fingerprint density at radius 2 is 1.70 bits per heavy atom. The second kappa shape index (κ2) is 7.82. The van der Waals surface area contributed by atoms with Gasteiger partial charge in [-0.3, -0.25) is 4.79 Å². The third kappa shape index (κ3) is 3.77. The molecule has 1 N–H and O–H groups in total. The van der Waals surface area contributed by atoms with E-state index in [0.29, 0.717) is 18.7 Å². The largest absolute Gasteiger partial charge is 0.343 e.